The predicted molar refractivity (Wildman–Crippen MR) is 162 cm³/mol. The molecule has 2 N–H and O–H groups in total. The van der Waals surface area contributed by atoms with Crippen LogP contribution in [-0.2, 0) is 14.8 Å². The number of hydrogen-bond acceptors (Lipinski definition) is 7. The highest BCUT2D eigenvalue weighted by Gasteiger charge is 2.30. The summed E-state index contributed by atoms with van der Waals surface area (Å²) in [5, 5.41) is 10.1. The number of sulfonamides is 1. The van der Waals surface area contributed by atoms with Crippen molar-refractivity contribution in [3.05, 3.63) is 53.8 Å². The van der Waals surface area contributed by atoms with E-state index in [0.29, 0.717) is 18.9 Å². The Labute approximate surface area is 250 Å². The summed E-state index contributed by atoms with van der Waals surface area (Å²) in [4.78, 5) is 17.9. The van der Waals surface area contributed by atoms with Crippen LogP contribution in [0.1, 0.15) is 63.7 Å². The number of hydrogen-bond donors (Lipinski definition) is 2. The van der Waals surface area contributed by atoms with Crippen molar-refractivity contribution in [2.75, 3.05) is 44.6 Å². The summed E-state index contributed by atoms with van der Waals surface area (Å²) in [7, 11) is -1.98. The quantitative estimate of drug-likeness (QED) is 0.423. The van der Waals surface area contributed by atoms with Gasteiger partial charge in [0.1, 0.15) is 11.6 Å². The molecule has 0 aliphatic carbocycles. The zero-order valence-corrected chi connectivity index (χ0v) is 26.2. The molecule has 11 heteroatoms. The molecule has 0 aromatic heterocycles. The van der Waals surface area contributed by atoms with Gasteiger partial charge in [-0.15, -0.1) is 0 Å². The molecule has 0 spiro atoms. The van der Waals surface area contributed by atoms with E-state index in [-0.39, 0.29) is 46.8 Å². The smallest absolute Gasteiger partial charge is 0.261 e. The summed E-state index contributed by atoms with van der Waals surface area (Å²) in [5.74, 6) is -0.638. The highest BCUT2D eigenvalue weighted by Crippen LogP contribution is 2.29. The molecule has 1 amide bonds. The molecule has 1 heterocycles. The average molecular weight is 608 g/mol. The Kier molecular flexibility index (Phi) is 12.6. The molecule has 0 bridgehead atoms. The number of benzene rings is 2. The third-order valence-electron chi connectivity index (χ3n) is 7.52. The van der Waals surface area contributed by atoms with Crippen LogP contribution in [-0.4, -0.2) is 87.4 Å². The molecule has 1 aliphatic rings. The standard InChI is InChI=1S/C31H46FN3O6S/c1-6-16-34(5)20-30-22(2)19-35(23(3)21-36)31(37)28-18-26(33-42(38,39)27-13-10-25(32)11-14-27)12-15-29(28)41-24(4)9-7-8-17-40-30/h10-15,18,22-24,30,33,36H,6-9,16-17,19-21H2,1-5H3/t22-,23-,24+,30+/m0/s1. The number of aliphatic hydroxyl groups excluding tert-OH is 1. The lowest BCUT2D eigenvalue weighted by Crippen LogP contribution is -2.47. The number of carbonyl (C=O) groups excluding carboxylic acids is 1. The first-order valence-electron chi connectivity index (χ1n) is 14.8. The second-order valence-corrected chi connectivity index (χ2v) is 13.0. The number of anilines is 1. The average Bonchev–Trinajstić information content (AvgIpc) is 2.94. The number of nitrogens with one attached hydrogen (secondary N) is 1. The van der Waals surface area contributed by atoms with Crippen LogP contribution in [0.5, 0.6) is 5.75 Å². The summed E-state index contributed by atoms with van der Waals surface area (Å²) in [6, 6.07) is 8.58. The highest BCUT2D eigenvalue weighted by molar-refractivity contribution is 7.92. The van der Waals surface area contributed by atoms with Crippen LogP contribution in [0, 0.1) is 11.7 Å². The van der Waals surface area contributed by atoms with Crippen molar-refractivity contribution in [1.29, 1.82) is 0 Å². The Bertz CT molecular complexity index is 1260. The fourth-order valence-electron chi connectivity index (χ4n) is 5.06. The highest BCUT2D eigenvalue weighted by atomic mass is 32.2. The van der Waals surface area contributed by atoms with Crippen molar-refractivity contribution in [1.82, 2.24) is 9.80 Å². The third-order valence-corrected chi connectivity index (χ3v) is 8.92. The van der Waals surface area contributed by atoms with Gasteiger partial charge in [0, 0.05) is 31.3 Å². The number of halogens is 1. The fraction of sp³-hybridized carbons (Fsp3) is 0.581. The van der Waals surface area contributed by atoms with Crippen molar-refractivity contribution in [3.8, 4) is 5.75 Å². The second-order valence-electron chi connectivity index (χ2n) is 11.3. The Morgan fingerprint density at radius 3 is 2.55 bits per heavy atom. The summed E-state index contributed by atoms with van der Waals surface area (Å²) in [5.41, 5.74) is 0.349. The van der Waals surface area contributed by atoms with Gasteiger partial charge in [-0.2, -0.15) is 0 Å². The number of amides is 1. The van der Waals surface area contributed by atoms with Crippen molar-refractivity contribution in [2.24, 2.45) is 5.92 Å². The minimum Gasteiger partial charge on any atom is -0.490 e. The zero-order chi connectivity index (χ0) is 30.9. The van der Waals surface area contributed by atoms with Crippen molar-refractivity contribution < 1.29 is 32.2 Å². The first-order chi connectivity index (χ1) is 19.9. The maximum absolute atomic E-state index is 14.2. The van der Waals surface area contributed by atoms with Gasteiger partial charge in [-0.25, -0.2) is 12.8 Å². The van der Waals surface area contributed by atoms with Gasteiger partial charge in [-0.1, -0.05) is 13.8 Å². The van der Waals surface area contributed by atoms with Crippen molar-refractivity contribution >= 4 is 21.6 Å². The molecule has 42 heavy (non-hydrogen) atoms. The molecule has 0 saturated carbocycles. The molecule has 0 saturated heterocycles. The normalized spacial score (nSPS) is 21.8. The van der Waals surface area contributed by atoms with Crippen molar-refractivity contribution in [3.63, 3.8) is 0 Å². The summed E-state index contributed by atoms with van der Waals surface area (Å²) >= 11 is 0. The number of fused-ring (bicyclic) bond motifs is 1. The molecule has 234 valence electrons. The first-order valence-corrected chi connectivity index (χ1v) is 16.2. The van der Waals surface area contributed by atoms with Gasteiger partial charge >= 0.3 is 0 Å². The molecule has 0 radical (unpaired) electrons. The summed E-state index contributed by atoms with van der Waals surface area (Å²) < 4.78 is 54.5. The minimum atomic E-state index is -4.04. The Morgan fingerprint density at radius 2 is 1.88 bits per heavy atom. The first kappa shape index (κ1) is 33.8. The molecule has 2 aromatic carbocycles. The van der Waals surface area contributed by atoms with E-state index in [9.17, 15) is 22.7 Å². The van der Waals surface area contributed by atoms with E-state index in [1.54, 1.807) is 24.0 Å². The van der Waals surface area contributed by atoms with Gasteiger partial charge < -0.3 is 24.4 Å². The SMILES string of the molecule is CCCN(C)C[C@H]1OCCCC[C@@H](C)Oc2ccc(NS(=O)(=O)c3ccc(F)cc3)cc2C(=O)N([C@@H](C)CO)C[C@@H]1C. The van der Waals surface area contributed by atoms with E-state index in [4.69, 9.17) is 9.47 Å². The predicted octanol–water partition coefficient (Wildman–Crippen LogP) is 4.76. The molecule has 1 aliphatic heterocycles. The van der Waals surface area contributed by atoms with E-state index in [2.05, 4.69) is 23.6 Å². The lowest BCUT2D eigenvalue weighted by Gasteiger charge is -2.35. The number of carbonyl (C=O) groups is 1. The van der Waals surface area contributed by atoms with Gasteiger partial charge in [0.05, 0.1) is 35.3 Å². The largest absolute Gasteiger partial charge is 0.490 e. The maximum Gasteiger partial charge on any atom is 0.261 e. The second kappa shape index (κ2) is 15.7. The summed E-state index contributed by atoms with van der Waals surface area (Å²) in [6.07, 6.45) is 3.22. The molecule has 4 atom stereocenters. The van der Waals surface area contributed by atoms with Crippen LogP contribution < -0.4 is 9.46 Å². The van der Waals surface area contributed by atoms with Crippen molar-refractivity contribution in [2.45, 2.75) is 76.5 Å². The van der Waals surface area contributed by atoms with Gasteiger partial charge in [0.15, 0.2) is 0 Å². The number of nitrogens with zero attached hydrogens (tertiary/aromatic N) is 2. The molecule has 3 rings (SSSR count). The van der Waals surface area contributed by atoms with Crippen LogP contribution >= 0.6 is 0 Å². The van der Waals surface area contributed by atoms with Crippen LogP contribution in [0.25, 0.3) is 0 Å². The monoisotopic (exact) mass is 607 g/mol. The van der Waals surface area contributed by atoms with E-state index < -0.39 is 21.9 Å². The van der Waals surface area contributed by atoms with Crippen LogP contribution in [0.3, 0.4) is 0 Å². The zero-order valence-electron chi connectivity index (χ0n) is 25.4. The van der Waals surface area contributed by atoms with Gasteiger partial charge in [-0.05, 0) is 95.6 Å². The van der Waals surface area contributed by atoms with Gasteiger partial charge in [0.25, 0.3) is 15.9 Å². The molecule has 2 aromatic rings. The molecule has 0 unspecified atom stereocenters. The van der Waals surface area contributed by atoms with Gasteiger partial charge in [-0.3, -0.25) is 9.52 Å². The Morgan fingerprint density at radius 1 is 1.17 bits per heavy atom. The number of rotatable bonds is 9. The molecule has 0 fully saturated rings. The topological polar surface area (TPSA) is 108 Å². The summed E-state index contributed by atoms with van der Waals surface area (Å²) in [6.45, 7) is 10.2. The molecular formula is C31H46FN3O6S. The lowest BCUT2D eigenvalue weighted by atomic mass is 10.0. The van der Waals surface area contributed by atoms with Gasteiger partial charge in [0.2, 0.25) is 0 Å². The van der Waals surface area contributed by atoms with Crippen LogP contribution in [0.15, 0.2) is 47.4 Å². The van der Waals surface area contributed by atoms with Crippen LogP contribution in [0.4, 0.5) is 10.1 Å². The fourth-order valence-corrected chi connectivity index (χ4v) is 6.11. The minimum absolute atomic E-state index is 0.0475. The number of ether oxygens (including phenoxy) is 2. The van der Waals surface area contributed by atoms with E-state index in [0.717, 1.165) is 50.9 Å². The third kappa shape index (κ3) is 9.39. The molecule has 9 nitrogen and oxygen atoms in total. The lowest BCUT2D eigenvalue weighted by molar-refractivity contribution is -0.0167. The number of aliphatic hydroxyl groups is 1. The Balaban J connectivity index is 2.00. The van der Waals surface area contributed by atoms with Crippen LogP contribution in [0.2, 0.25) is 0 Å². The van der Waals surface area contributed by atoms with E-state index >= 15 is 0 Å². The Hall–Kier alpha value is -2.73. The van der Waals surface area contributed by atoms with E-state index in [1.165, 1.54) is 18.2 Å². The van der Waals surface area contributed by atoms with E-state index in [1.807, 2.05) is 13.8 Å². The maximum atomic E-state index is 14.2. The molecular weight excluding hydrogens is 561 g/mol. The number of likely N-dealkylation sites (N-methyl/N-ethyl adjacent to an activating group) is 1.